The molecule has 0 fully saturated rings. The van der Waals surface area contributed by atoms with Crippen molar-refractivity contribution in [2.24, 2.45) is 0 Å². The van der Waals surface area contributed by atoms with Gasteiger partial charge in [0.25, 0.3) is 0 Å². The largest absolute Gasteiger partial charge is 0.397 e. The molecular weight excluding hydrogens is 519 g/mol. The molecule has 0 aromatic heterocycles. The number of benzene rings is 4. The summed E-state index contributed by atoms with van der Waals surface area (Å²) in [6, 6.07) is 27.6. The van der Waals surface area contributed by atoms with Crippen molar-refractivity contribution in [3.05, 3.63) is 118 Å². The Bertz CT molecular complexity index is 1250. The number of halogens is 3. The van der Waals surface area contributed by atoms with Gasteiger partial charge in [-0.1, -0.05) is 87.7 Å². The number of nitrogens with one attached hydrogen (secondary N) is 1. The van der Waals surface area contributed by atoms with Crippen LogP contribution in [-0.4, -0.2) is 0 Å². The Hall–Kier alpha value is -2.86. The van der Waals surface area contributed by atoms with Crippen LogP contribution in [0.5, 0.6) is 0 Å². The molecule has 172 valence electrons. The van der Waals surface area contributed by atoms with Crippen LogP contribution in [-0.2, 0) is 11.8 Å². The molecule has 0 saturated carbocycles. The van der Waals surface area contributed by atoms with Crippen LogP contribution in [0, 0.1) is 0 Å². The van der Waals surface area contributed by atoms with Gasteiger partial charge in [-0.2, -0.15) is 0 Å². The minimum atomic E-state index is -1.71. The van der Waals surface area contributed by atoms with Crippen LogP contribution < -0.4 is 22.5 Å². The number of nitrogen functional groups attached to an aromatic ring is 3. The second kappa shape index (κ2) is 14.3. The summed E-state index contributed by atoms with van der Waals surface area (Å²) in [5, 5.41) is 2.52. The van der Waals surface area contributed by atoms with Gasteiger partial charge in [-0.15, -0.1) is 0 Å². The molecule has 7 heteroatoms. The topological polar surface area (TPSA) is 90.1 Å². The Kier molecular flexibility index (Phi) is 8.99. The zero-order valence-corrected chi connectivity index (χ0v) is 20.7. The molecule has 0 bridgehead atoms. The number of anilines is 4. The lowest BCUT2D eigenvalue weighted by Crippen LogP contribution is -2.01. The van der Waals surface area contributed by atoms with Gasteiger partial charge in [0.2, 0.25) is 0 Å². The van der Waals surface area contributed by atoms with Gasteiger partial charge in [-0.05, 0) is 59.7 Å². The summed E-state index contributed by atoms with van der Waals surface area (Å²) in [5.41, 5.74) is 20.0. The van der Waals surface area contributed by atoms with Gasteiger partial charge in [-0.3, -0.25) is 0 Å². The van der Waals surface area contributed by atoms with Crippen LogP contribution in [0.4, 0.5) is 22.7 Å². The third-order valence-electron chi connectivity index (χ3n) is 4.10. The molecule has 0 unspecified atom stereocenters. The summed E-state index contributed by atoms with van der Waals surface area (Å²) < 4.78 is 30.6. The fourth-order valence-electron chi connectivity index (χ4n) is 2.31. The van der Waals surface area contributed by atoms with Gasteiger partial charge in [-0.25, -0.2) is 0 Å². The molecule has 4 aromatic carbocycles. The molecule has 4 aromatic rings. The molecule has 0 heterocycles. The maximum Gasteiger partial charge on any atom is 0.0576 e. The summed E-state index contributed by atoms with van der Waals surface area (Å²) in [6.45, 7) is -1.71. The quantitative estimate of drug-likeness (QED) is 0.156. The van der Waals surface area contributed by atoms with Crippen LogP contribution in [0.25, 0.3) is 0 Å². The third-order valence-corrected chi connectivity index (χ3v) is 5.06. The number of para-hydroxylation sites is 4. The van der Waals surface area contributed by atoms with E-state index in [9.17, 15) is 0 Å². The van der Waals surface area contributed by atoms with E-state index in [0.29, 0.717) is 43.9 Å². The summed E-state index contributed by atoms with van der Waals surface area (Å²) in [4.78, 5) is 0. The Morgan fingerprint density at radius 3 is 1.48 bits per heavy atom. The van der Waals surface area contributed by atoms with Crippen molar-refractivity contribution in [3.63, 3.8) is 0 Å². The van der Waals surface area contributed by atoms with Crippen LogP contribution in [0.3, 0.4) is 0 Å². The van der Waals surface area contributed by atoms with E-state index in [-0.39, 0.29) is 0 Å². The molecule has 4 nitrogen and oxygen atoms in total. The van der Waals surface area contributed by atoms with Crippen molar-refractivity contribution in [2.75, 3.05) is 22.5 Å². The maximum absolute atomic E-state index is 8.03. The van der Waals surface area contributed by atoms with E-state index in [1.807, 2.05) is 12.1 Å². The van der Waals surface area contributed by atoms with Crippen molar-refractivity contribution >= 4 is 61.9 Å². The van der Waals surface area contributed by atoms with E-state index in [4.69, 9.17) is 45.9 Å². The van der Waals surface area contributed by atoms with Crippen molar-refractivity contribution in [3.8, 4) is 0 Å². The smallest absolute Gasteiger partial charge is 0.0576 e. The highest BCUT2D eigenvalue weighted by atomic mass is 79.9. The number of rotatable bonds is 4. The molecule has 0 spiro atoms. The highest BCUT2D eigenvalue weighted by Gasteiger charge is 1.97. The summed E-state index contributed by atoms with van der Waals surface area (Å²) in [5.74, 6) is 0. The number of alkyl halides is 1. The van der Waals surface area contributed by atoms with Gasteiger partial charge in [0.05, 0.1) is 25.5 Å². The van der Waals surface area contributed by atoms with E-state index in [1.54, 1.807) is 84.9 Å². The van der Waals surface area contributed by atoms with Crippen LogP contribution in [0.1, 0.15) is 16.6 Å². The van der Waals surface area contributed by atoms with Gasteiger partial charge >= 0.3 is 0 Å². The van der Waals surface area contributed by atoms with Crippen LogP contribution in [0.2, 0.25) is 10.0 Å². The van der Waals surface area contributed by atoms with E-state index < -0.39 is 11.8 Å². The average Bonchev–Trinajstić information content (AvgIpc) is 2.83. The van der Waals surface area contributed by atoms with Crippen molar-refractivity contribution in [1.29, 1.82) is 0 Å². The molecule has 0 radical (unpaired) electrons. The number of nitrogens with two attached hydrogens (primary N) is 3. The lowest BCUT2D eigenvalue weighted by atomic mass is 10.2. The Morgan fingerprint density at radius 1 is 0.636 bits per heavy atom. The van der Waals surface area contributed by atoms with Gasteiger partial charge in [0.1, 0.15) is 0 Å². The lowest BCUT2D eigenvalue weighted by molar-refractivity contribution is 1.15. The van der Waals surface area contributed by atoms with Crippen molar-refractivity contribution < 1.29 is 5.48 Å². The van der Waals surface area contributed by atoms with Crippen LogP contribution >= 0.6 is 39.1 Å². The first kappa shape index (κ1) is 20.7. The molecule has 33 heavy (non-hydrogen) atoms. The number of hydrogen-bond donors (Lipinski definition) is 4. The third kappa shape index (κ3) is 10.1. The highest BCUT2D eigenvalue weighted by molar-refractivity contribution is 9.08. The fraction of sp³-hybridized carbons (Fsp3) is 0.0769. The predicted molar refractivity (Wildman–Crippen MR) is 149 cm³/mol. The second-order valence-electron chi connectivity index (χ2n) is 6.57. The molecule has 0 aliphatic carbocycles. The second-order valence-corrected chi connectivity index (χ2v) is 7.84. The Labute approximate surface area is 219 Å². The molecule has 0 saturated heterocycles. The van der Waals surface area contributed by atoms with Gasteiger partial charge < -0.3 is 22.5 Å². The summed E-state index contributed by atoms with van der Waals surface area (Å²) >= 11 is 14.3. The minimum absolute atomic E-state index is 0.496. The number of hydrogen-bond acceptors (Lipinski definition) is 4. The van der Waals surface area contributed by atoms with Crippen molar-refractivity contribution in [2.45, 2.75) is 11.8 Å². The molecule has 0 aliphatic heterocycles. The monoisotopic (exact) mass is 548 g/mol. The minimum Gasteiger partial charge on any atom is -0.397 e. The average molecular weight is 550 g/mol. The first-order valence-corrected chi connectivity index (χ1v) is 11.3. The zero-order valence-electron chi connectivity index (χ0n) is 21.6. The Balaban J connectivity index is 0.000000215. The molecule has 0 amide bonds. The fourth-order valence-corrected chi connectivity index (χ4v) is 2.82. The van der Waals surface area contributed by atoms with Crippen molar-refractivity contribution in [1.82, 2.24) is 0 Å². The van der Waals surface area contributed by atoms with E-state index >= 15 is 0 Å². The van der Waals surface area contributed by atoms with Crippen LogP contribution in [0.15, 0.2) is 97.1 Å². The highest BCUT2D eigenvalue weighted by Crippen LogP contribution is 2.18. The van der Waals surface area contributed by atoms with E-state index in [0.717, 1.165) is 0 Å². The van der Waals surface area contributed by atoms with E-state index in [2.05, 4.69) is 21.2 Å². The maximum atomic E-state index is 8.03. The van der Waals surface area contributed by atoms with Gasteiger partial charge in [0, 0.05) is 24.6 Å². The molecular formula is C26H27BrCl2N4. The molecule has 0 atom stereocenters. The first-order chi connectivity index (χ1) is 17.3. The molecule has 7 N–H and O–H groups in total. The summed E-state index contributed by atoms with van der Waals surface area (Å²) in [6.07, 6.45) is 0. The standard InChI is InChI=1S/C13H13ClN2.C7H6BrCl.C6H8N2/c14-11-7-5-10(6-8-11)9-16-13-4-2-1-3-12(13)15;8-5-6-1-3-7(9)4-2-6;7-5-3-1-2-4-6(5)8/h1-8,16H,9,15H2;1-4H,5H2;1-4H,7-8H2/i9D2;5D2;. The van der Waals surface area contributed by atoms with E-state index in [1.165, 1.54) is 0 Å². The Morgan fingerprint density at radius 2 is 1.06 bits per heavy atom. The lowest BCUT2D eigenvalue weighted by Gasteiger charge is -2.08. The normalized spacial score (nSPS) is 12.3. The van der Waals surface area contributed by atoms with Gasteiger partial charge in [0.15, 0.2) is 0 Å². The summed E-state index contributed by atoms with van der Waals surface area (Å²) in [7, 11) is 0. The molecule has 4 rings (SSSR count). The molecule has 0 aliphatic rings. The first-order valence-electron chi connectivity index (χ1n) is 11.7. The zero-order chi connectivity index (χ0) is 27.6. The predicted octanol–water partition coefficient (Wildman–Crippen LogP) is 7.62. The SMILES string of the molecule is Nc1ccccc1N.[2H]C([2H])(Br)c1ccc(Cl)cc1.[2H]C([2H])(Nc1ccccc1N)c1ccc(Cl)cc1.